The van der Waals surface area contributed by atoms with E-state index in [2.05, 4.69) is 4.98 Å². The molecule has 116 valence electrons. The van der Waals surface area contributed by atoms with Gasteiger partial charge in [-0.3, -0.25) is 9.78 Å². The van der Waals surface area contributed by atoms with Crippen LogP contribution in [0, 0.1) is 0 Å². The monoisotopic (exact) mass is 318 g/mol. The summed E-state index contributed by atoms with van der Waals surface area (Å²) < 4.78 is 26.2. The molecule has 0 aliphatic heterocycles. The highest BCUT2D eigenvalue weighted by Crippen LogP contribution is 2.16. The van der Waals surface area contributed by atoms with Crippen LogP contribution in [0.3, 0.4) is 0 Å². The molecule has 0 spiro atoms. The van der Waals surface area contributed by atoms with Gasteiger partial charge in [-0.05, 0) is 31.2 Å². The van der Waals surface area contributed by atoms with E-state index in [0.717, 1.165) is 5.69 Å². The zero-order valence-corrected chi connectivity index (χ0v) is 13.4. The van der Waals surface area contributed by atoms with Crippen molar-refractivity contribution in [2.75, 3.05) is 13.6 Å². The lowest BCUT2D eigenvalue weighted by molar-refractivity contribution is 0.101. The number of pyridine rings is 1. The Labute approximate surface area is 130 Å². The van der Waals surface area contributed by atoms with Gasteiger partial charge in [0.15, 0.2) is 5.78 Å². The maximum atomic E-state index is 12.5. The largest absolute Gasteiger partial charge is 0.295 e. The normalized spacial score (nSPS) is 11.6. The topological polar surface area (TPSA) is 67.3 Å². The first-order valence-corrected chi connectivity index (χ1v) is 8.32. The van der Waals surface area contributed by atoms with Crippen LogP contribution >= 0.6 is 0 Å². The summed E-state index contributed by atoms with van der Waals surface area (Å²) in [6, 6.07) is 11.5. The molecule has 0 amide bonds. The Morgan fingerprint density at radius 3 is 2.36 bits per heavy atom. The fourth-order valence-corrected chi connectivity index (χ4v) is 3.15. The lowest BCUT2D eigenvalue weighted by atomic mass is 10.2. The Hall–Kier alpha value is -2.05. The minimum atomic E-state index is -3.56. The molecule has 0 atom stereocenters. The minimum Gasteiger partial charge on any atom is -0.295 e. The van der Waals surface area contributed by atoms with Crippen molar-refractivity contribution in [2.24, 2.45) is 0 Å². The molecule has 5 nitrogen and oxygen atoms in total. The van der Waals surface area contributed by atoms with Gasteiger partial charge in [0.2, 0.25) is 10.0 Å². The highest BCUT2D eigenvalue weighted by molar-refractivity contribution is 7.89. The molecule has 22 heavy (non-hydrogen) atoms. The molecule has 0 saturated heterocycles. The van der Waals surface area contributed by atoms with Gasteiger partial charge in [-0.2, -0.15) is 0 Å². The van der Waals surface area contributed by atoms with Crippen LogP contribution in [-0.2, 0) is 16.4 Å². The molecule has 0 N–H and O–H groups in total. The van der Waals surface area contributed by atoms with Crippen molar-refractivity contribution in [3.63, 3.8) is 0 Å². The first kappa shape index (κ1) is 16.3. The van der Waals surface area contributed by atoms with Gasteiger partial charge < -0.3 is 0 Å². The number of carbonyl (C=O) groups excluding carboxylic acids is 1. The van der Waals surface area contributed by atoms with Crippen molar-refractivity contribution in [3.05, 3.63) is 59.9 Å². The predicted molar refractivity (Wildman–Crippen MR) is 84.2 cm³/mol. The van der Waals surface area contributed by atoms with Crippen molar-refractivity contribution < 1.29 is 13.2 Å². The van der Waals surface area contributed by atoms with Gasteiger partial charge in [0.25, 0.3) is 0 Å². The van der Waals surface area contributed by atoms with E-state index in [1.807, 2.05) is 18.2 Å². The number of carbonyl (C=O) groups is 1. The van der Waals surface area contributed by atoms with Crippen LogP contribution in [0.15, 0.2) is 53.6 Å². The standard InChI is InChI=1S/C16H18N2O3S/c1-13(19)14-6-8-16(9-7-14)22(20,21)18(2)12-10-15-5-3-4-11-17-15/h3-9,11H,10,12H2,1-2H3. The average Bonchev–Trinajstić information content (AvgIpc) is 2.53. The number of hydrogen-bond donors (Lipinski definition) is 0. The fourth-order valence-electron chi connectivity index (χ4n) is 1.98. The molecule has 0 aliphatic rings. The summed E-state index contributed by atoms with van der Waals surface area (Å²) in [6.07, 6.45) is 2.23. The molecule has 6 heteroatoms. The van der Waals surface area contributed by atoms with E-state index in [1.54, 1.807) is 6.20 Å². The van der Waals surface area contributed by atoms with Crippen LogP contribution in [0.25, 0.3) is 0 Å². The average molecular weight is 318 g/mol. The third-order valence-electron chi connectivity index (χ3n) is 3.38. The quantitative estimate of drug-likeness (QED) is 0.765. The Morgan fingerprint density at radius 1 is 1.14 bits per heavy atom. The van der Waals surface area contributed by atoms with Crippen molar-refractivity contribution >= 4 is 15.8 Å². The number of ketones is 1. The molecule has 2 aromatic rings. The van der Waals surface area contributed by atoms with Crippen LogP contribution in [0.1, 0.15) is 23.0 Å². The highest BCUT2D eigenvalue weighted by Gasteiger charge is 2.20. The van der Waals surface area contributed by atoms with E-state index in [4.69, 9.17) is 0 Å². The van der Waals surface area contributed by atoms with Crippen LogP contribution in [0.5, 0.6) is 0 Å². The molecule has 1 aromatic heterocycles. The number of sulfonamides is 1. The molecule has 0 aliphatic carbocycles. The van der Waals surface area contributed by atoms with E-state index < -0.39 is 10.0 Å². The van der Waals surface area contributed by atoms with Gasteiger partial charge >= 0.3 is 0 Å². The summed E-state index contributed by atoms with van der Waals surface area (Å²) in [4.78, 5) is 15.6. The predicted octanol–water partition coefficient (Wildman–Crippen LogP) is 2.15. The molecule has 0 bridgehead atoms. The smallest absolute Gasteiger partial charge is 0.242 e. The van der Waals surface area contributed by atoms with Crippen LogP contribution in [0.4, 0.5) is 0 Å². The summed E-state index contributed by atoms with van der Waals surface area (Å²) in [7, 11) is -2.02. The van der Waals surface area contributed by atoms with E-state index in [-0.39, 0.29) is 10.7 Å². The van der Waals surface area contributed by atoms with Crippen LogP contribution in [-0.4, -0.2) is 37.1 Å². The summed E-state index contributed by atoms with van der Waals surface area (Å²) in [5, 5.41) is 0. The Balaban J connectivity index is 2.10. The summed E-state index contributed by atoms with van der Waals surface area (Å²) in [5.41, 5.74) is 1.34. The zero-order valence-electron chi connectivity index (χ0n) is 12.6. The van der Waals surface area contributed by atoms with E-state index in [9.17, 15) is 13.2 Å². The molecule has 0 fully saturated rings. The number of rotatable bonds is 6. The highest BCUT2D eigenvalue weighted by atomic mass is 32.2. The molecule has 0 unspecified atom stereocenters. The first-order valence-electron chi connectivity index (χ1n) is 6.88. The van der Waals surface area contributed by atoms with Gasteiger partial charge in [-0.15, -0.1) is 0 Å². The third kappa shape index (κ3) is 3.78. The maximum absolute atomic E-state index is 12.5. The molecule has 0 saturated carbocycles. The van der Waals surface area contributed by atoms with Gasteiger partial charge in [0, 0.05) is 37.5 Å². The summed E-state index contributed by atoms with van der Waals surface area (Å²) in [5.74, 6) is -0.0903. The molecule has 1 heterocycles. The minimum absolute atomic E-state index is 0.0903. The van der Waals surface area contributed by atoms with E-state index in [0.29, 0.717) is 18.5 Å². The SMILES string of the molecule is CC(=O)c1ccc(S(=O)(=O)N(C)CCc2ccccn2)cc1. The van der Waals surface area contributed by atoms with Gasteiger partial charge in [-0.1, -0.05) is 18.2 Å². The fraction of sp³-hybridized carbons (Fsp3) is 0.250. The Bertz CT molecular complexity index is 741. The molecular formula is C16H18N2O3S. The Morgan fingerprint density at radius 2 is 1.82 bits per heavy atom. The number of hydrogen-bond acceptors (Lipinski definition) is 4. The second-order valence-electron chi connectivity index (χ2n) is 4.98. The van der Waals surface area contributed by atoms with Crippen LogP contribution < -0.4 is 0 Å². The molecule has 0 radical (unpaired) electrons. The Kier molecular flexibility index (Phi) is 5.05. The lowest BCUT2D eigenvalue weighted by Gasteiger charge is -2.17. The number of likely N-dealkylation sites (N-methyl/N-ethyl adjacent to an activating group) is 1. The van der Waals surface area contributed by atoms with Crippen molar-refractivity contribution in [1.82, 2.24) is 9.29 Å². The van der Waals surface area contributed by atoms with Crippen LogP contribution in [0.2, 0.25) is 0 Å². The molecule has 1 aromatic carbocycles. The maximum Gasteiger partial charge on any atom is 0.242 e. The summed E-state index contributed by atoms with van der Waals surface area (Å²) in [6.45, 7) is 1.79. The van der Waals surface area contributed by atoms with Gasteiger partial charge in [0.05, 0.1) is 4.90 Å². The van der Waals surface area contributed by atoms with E-state index in [1.165, 1.54) is 42.5 Å². The van der Waals surface area contributed by atoms with Gasteiger partial charge in [-0.25, -0.2) is 12.7 Å². The lowest BCUT2D eigenvalue weighted by Crippen LogP contribution is -2.29. The zero-order chi connectivity index (χ0) is 16.2. The molecular weight excluding hydrogens is 300 g/mol. The third-order valence-corrected chi connectivity index (χ3v) is 5.25. The second kappa shape index (κ2) is 6.81. The van der Waals surface area contributed by atoms with Crippen molar-refractivity contribution in [1.29, 1.82) is 0 Å². The number of nitrogens with zero attached hydrogens (tertiary/aromatic N) is 2. The van der Waals surface area contributed by atoms with Crippen molar-refractivity contribution in [3.8, 4) is 0 Å². The van der Waals surface area contributed by atoms with Gasteiger partial charge in [0.1, 0.15) is 0 Å². The van der Waals surface area contributed by atoms with Crippen molar-refractivity contribution in [2.45, 2.75) is 18.2 Å². The van der Waals surface area contributed by atoms with E-state index >= 15 is 0 Å². The second-order valence-corrected chi connectivity index (χ2v) is 7.02. The number of Topliss-reactive ketones (excluding diaryl/α,β-unsaturated/α-hetero) is 1. The summed E-state index contributed by atoms with van der Waals surface area (Å²) >= 11 is 0. The number of aromatic nitrogens is 1. The molecule has 2 rings (SSSR count). The number of benzene rings is 1. The first-order chi connectivity index (χ1) is 10.4.